The molecule has 0 heterocycles. The number of para-hydroxylation sites is 1. The number of aliphatic carboxylic acids is 1. The first-order valence-corrected chi connectivity index (χ1v) is 5.26. The topological polar surface area (TPSA) is 49.3 Å². The minimum absolute atomic E-state index is 0.515. The average molecular weight is 219 g/mol. The highest BCUT2D eigenvalue weighted by atomic mass is 16.4. The van der Waals surface area contributed by atoms with Gasteiger partial charge >= 0.3 is 5.97 Å². The minimum atomic E-state index is -0.949. The summed E-state index contributed by atoms with van der Waals surface area (Å²) in [6.45, 7) is 5.30. The van der Waals surface area contributed by atoms with Crippen molar-refractivity contribution < 1.29 is 9.90 Å². The molecule has 86 valence electrons. The first-order valence-electron chi connectivity index (χ1n) is 5.26. The maximum Gasteiger partial charge on any atom is 0.329 e. The lowest BCUT2D eigenvalue weighted by Crippen LogP contribution is -2.43. The van der Waals surface area contributed by atoms with Gasteiger partial charge in [-0.1, -0.05) is 24.3 Å². The predicted octanol–water partition coefficient (Wildman–Crippen LogP) is 2.91. The Kier molecular flexibility index (Phi) is 4.11. The lowest BCUT2D eigenvalue weighted by atomic mass is 9.95. The number of allylic oxidation sites excluding steroid dienone is 1. The lowest BCUT2D eigenvalue weighted by molar-refractivity contribution is -0.141. The highest BCUT2D eigenvalue weighted by Gasteiger charge is 2.31. The summed E-state index contributed by atoms with van der Waals surface area (Å²) in [5.74, 6) is -0.849. The summed E-state index contributed by atoms with van der Waals surface area (Å²) in [5, 5.41) is 12.3. The van der Waals surface area contributed by atoms with Crippen LogP contribution in [-0.4, -0.2) is 16.6 Å². The van der Waals surface area contributed by atoms with Crippen LogP contribution in [0.1, 0.15) is 19.8 Å². The van der Waals surface area contributed by atoms with Crippen LogP contribution >= 0.6 is 0 Å². The Labute approximate surface area is 95.8 Å². The SMILES string of the molecule is C=CCCC(C)(Nc1ccccc1)C(=O)O. The number of hydrogen-bond donors (Lipinski definition) is 2. The van der Waals surface area contributed by atoms with Gasteiger partial charge < -0.3 is 10.4 Å². The number of hydrogen-bond acceptors (Lipinski definition) is 2. The molecule has 1 aromatic rings. The minimum Gasteiger partial charge on any atom is -0.480 e. The van der Waals surface area contributed by atoms with Gasteiger partial charge in [-0.15, -0.1) is 6.58 Å². The third kappa shape index (κ3) is 3.12. The van der Waals surface area contributed by atoms with E-state index < -0.39 is 11.5 Å². The van der Waals surface area contributed by atoms with Crippen molar-refractivity contribution in [1.29, 1.82) is 0 Å². The molecule has 1 aromatic carbocycles. The number of carboxylic acids is 1. The normalized spacial score (nSPS) is 13.8. The van der Waals surface area contributed by atoms with Crippen LogP contribution in [-0.2, 0) is 4.79 Å². The Morgan fingerprint density at radius 1 is 1.50 bits per heavy atom. The molecule has 0 aliphatic rings. The van der Waals surface area contributed by atoms with Crippen molar-refractivity contribution in [3.8, 4) is 0 Å². The number of anilines is 1. The summed E-state index contributed by atoms with van der Waals surface area (Å²) < 4.78 is 0. The zero-order valence-electron chi connectivity index (χ0n) is 9.44. The molecule has 1 unspecified atom stereocenters. The molecule has 3 heteroatoms. The third-order valence-electron chi connectivity index (χ3n) is 2.51. The van der Waals surface area contributed by atoms with Gasteiger partial charge in [0, 0.05) is 5.69 Å². The Balaban J connectivity index is 2.79. The molecule has 2 N–H and O–H groups in total. The van der Waals surface area contributed by atoms with Gasteiger partial charge in [-0.3, -0.25) is 0 Å². The molecule has 0 radical (unpaired) electrons. The summed E-state index contributed by atoms with van der Waals surface area (Å²) in [4.78, 5) is 11.2. The first kappa shape index (κ1) is 12.3. The molecule has 1 rings (SSSR count). The summed E-state index contributed by atoms with van der Waals surface area (Å²) in [6.07, 6.45) is 2.91. The van der Waals surface area contributed by atoms with Crippen LogP contribution in [0, 0.1) is 0 Å². The number of benzene rings is 1. The van der Waals surface area contributed by atoms with E-state index in [1.807, 2.05) is 30.3 Å². The van der Waals surface area contributed by atoms with E-state index >= 15 is 0 Å². The second-order valence-electron chi connectivity index (χ2n) is 3.96. The molecule has 0 saturated heterocycles. The standard InChI is InChI=1S/C13H17NO2/c1-3-4-10-13(2,12(15)16)14-11-8-6-5-7-9-11/h3,5-9,14H,1,4,10H2,2H3,(H,15,16). The lowest BCUT2D eigenvalue weighted by Gasteiger charge is -2.27. The van der Waals surface area contributed by atoms with Gasteiger partial charge in [0.1, 0.15) is 5.54 Å². The van der Waals surface area contributed by atoms with Crippen LogP contribution in [0.3, 0.4) is 0 Å². The Morgan fingerprint density at radius 3 is 2.62 bits per heavy atom. The van der Waals surface area contributed by atoms with Gasteiger partial charge in [-0.25, -0.2) is 4.79 Å². The van der Waals surface area contributed by atoms with E-state index in [0.29, 0.717) is 12.8 Å². The van der Waals surface area contributed by atoms with Gasteiger partial charge in [-0.2, -0.15) is 0 Å². The molecular weight excluding hydrogens is 202 g/mol. The summed E-state index contributed by atoms with van der Waals surface area (Å²) in [5.41, 5.74) is -0.133. The average Bonchev–Trinajstić information content (AvgIpc) is 2.27. The Hall–Kier alpha value is -1.77. The third-order valence-corrected chi connectivity index (χ3v) is 2.51. The van der Waals surface area contributed by atoms with Gasteiger partial charge in [0.2, 0.25) is 0 Å². The molecule has 0 fully saturated rings. The fraction of sp³-hybridized carbons (Fsp3) is 0.308. The maximum absolute atomic E-state index is 11.2. The first-order chi connectivity index (χ1) is 7.58. The molecule has 0 aliphatic carbocycles. The van der Waals surface area contributed by atoms with E-state index in [1.165, 1.54) is 0 Å². The van der Waals surface area contributed by atoms with E-state index in [9.17, 15) is 9.90 Å². The van der Waals surface area contributed by atoms with Crippen LogP contribution in [0.2, 0.25) is 0 Å². The molecule has 0 spiro atoms. The van der Waals surface area contributed by atoms with E-state index in [-0.39, 0.29) is 0 Å². The van der Waals surface area contributed by atoms with Crippen molar-refractivity contribution >= 4 is 11.7 Å². The molecule has 0 aliphatic heterocycles. The van der Waals surface area contributed by atoms with Gasteiger partial charge in [0.15, 0.2) is 0 Å². The Bertz CT molecular complexity index is 361. The molecule has 0 aromatic heterocycles. The molecular formula is C13H17NO2. The fourth-order valence-electron chi connectivity index (χ4n) is 1.45. The predicted molar refractivity (Wildman–Crippen MR) is 65.5 cm³/mol. The highest BCUT2D eigenvalue weighted by Crippen LogP contribution is 2.20. The molecule has 0 saturated carbocycles. The number of rotatable bonds is 6. The quantitative estimate of drug-likeness (QED) is 0.723. The van der Waals surface area contributed by atoms with Crippen LogP contribution in [0.4, 0.5) is 5.69 Å². The van der Waals surface area contributed by atoms with E-state index in [1.54, 1.807) is 13.0 Å². The van der Waals surface area contributed by atoms with Crippen molar-refractivity contribution in [3.63, 3.8) is 0 Å². The van der Waals surface area contributed by atoms with Crippen LogP contribution in [0.25, 0.3) is 0 Å². The van der Waals surface area contributed by atoms with Crippen LogP contribution in [0.15, 0.2) is 43.0 Å². The van der Waals surface area contributed by atoms with E-state index in [0.717, 1.165) is 5.69 Å². The second-order valence-corrected chi connectivity index (χ2v) is 3.96. The monoisotopic (exact) mass is 219 g/mol. The second kappa shape index (κ2) is 5.35. The van der Waals surface area contributed by atoms with Crippen molar-refractivity contribution in [2.75, 3.05) is 5.32 Å². The molecule has 0 amide bonds. The summed E-state index contributed by atoms with van der Waals surface area (Å²) in [6, 6.07) is 9.35. The Morgan fingerprint density at radius 2 is 2.12 bits per heavy atom. The highest BCUT2D eigenvalue weighted by molar-refractivity contribution is 5.82. The van der Waals surface area contributed by atoms with Crippen molar-refractivity contribution in [3.05, 3.63) is 43.0 Å². The fourth-order valence-corrected chi connectivity index (χ4v) is 1.45. The number of carbonyl (C=O) groups is 1. The van der Waals surface area contributed by atoms with E-state index in [4.69, 9.17) is 0 Å². The summed E-state index contributed by atoms with van der Waals surface area (Å²) >= 11 is 0. The largest absolute Gasteiger partial charge is 0.480 e. The van der Waals surface area contributed by atoms with E-state index in [2.05, 4.69) is 11.9 Å². The van der Waals surface area contributed by atoms with Crippen LogP contribution in [0.5, 0.6) is 0 Å². The molecule has 0 bridgehead atoms. The van der Waals surface area contributed by atoms with Crippen molar-refractivity contribution in [1.82, 2.24) is 0 Å². The van der Waals surface area contributed by atoms with Gasteiger partial charge in [-0.05, 0) is 31.9 Å². The zero-order valence-corrected chi connectivity index (χ0v) is 9.44. The smallest absolute Gasteiger partial charge is 0.329 e. The molecule has 1 atom stereocenters. The van der Waals surface area contributed by atoms with Gasteiger partial charge in [0.25, 0.3) is 0 Å². The molecule has 3 nitrogen and oxygen atoms in total. The van der Waals surface area contributed by atoms with Crippen molar-refractivity contribution in [2.45, 2.75) is 25.3 Å². The van der Waals surface area contributed by atoms with Crippen LogP contribution < -0.4 is 5.32 Å². The maximum atomic E-state index is 11.2. The zero-order chi connectivity index (χ0) is 12.0. The number of nitrogens with one attached hydrogen (secondary N) is 1. The summed E-state index contributed by atoms with van der Waals surface area (Å²) in [7, 11) is 0. The van der Waals surface area contributed by atoms with Crippen molar-refractivity contribution in [2.24, 2.45) is 0 Å². The van der Waals surface area contributed by atoms with Gasteiger partial charge in [0.05, 0.1) is 0 Å². The molecule has 16 heavy (non-hydrogen) atoms. The number of carboxylic acid groups (broad SMARTS) is 1.